The van der Waals surface area contributed by atoms with Crippen LogP contribution in [-0.4, -0.2) is 16.2 Å². The maximum atomic E-state index is 12.2. The summed E-state index contributed by atoms with van der Waals surface area (Å²) in [7, 11) is 1.50. The molecular formula is C11H8N2O3S. The van der Waals surface area contributed by atoms with E-state index in [2.05, 4.69) is 4.37 Å². The topological polar surface area (TPSA) is 64.1 Å². The van der Waals surface area contributed by atoms with Gasteiger partial charge >= 0.3 is 0 Å². The van der Waals surface area contributed by atoms with E-state index in [1.54, 1.807) is 18.2 Å². The van der Waals surface area contributed by atoms with Gasteiger partial charge in [0.1, 0.15) is 12.5 Å². The van der Waals surface area contributed by atoms with Crippen molar-refractivity contribution in [2.75, 3.05) is 7.11 Å². The summed E-state index contributed by atoms with van der Waals surface area (Å²) < 4.78 is 4.05. The number of hydrogen-bond donors (Lipinski definition) is 1. The molecular weight excluding hydrogens is 240 g/mol. The van der Waals surface area contributed by atoms with Crippen LogP contribution in [0.15, 0.2) is 33.9 Å². The van der Waals surface area contributed by atoms with Gasteiger partial charge in [-0.05, 0) is 23.7 Å². The van der Waals surface area contributed by atoms with Gasteiger partial charge in [-0.1, -0.05) is 12.1 Å². The lowest BCUT2D eigenvalue weighted by Crippen LogP contribution is -2.17. The molecule has 0 aliphatic carbocycles. The first-order chi connectivity index (χ1) is 8.24. The van der Waals surface area contributed by atoms with Crippen LogP contribution in [0, 0.1) is 0 Å². The van der Waals surface area contributed by atoms with Crippen molar-refractivity contribution in [1.82, 2.24) is 9.10 Å². The molecule has 0 unspecified atom stereocenters. The number of H-pyrrole nitrogens is 1. The molecule has 0 atom stereocenters. The highest BCUT2D eigenvalue weighted by Crippen LogP contribution is 2.17. The van der Waals surface area contributed by atoms with E-state index in [-0.39, 0.29) is 16.4 Å². The van der Waals surface area contributed by atoms with Gasteiger partial charge in [-0.25, -0.2) is 0 Å². The fourth-order valence-corrected chi connectivity index (χ4v) is 2.74. The number of aromatic amines is 1. The molecule has 2 heterocycles. The average molecular weight is 248 g/mol. The number of fused-ring (bicyclic) bond motifs is 2. The molecule has 0 saturated carbocycles. The van der Waals surface area contributed by atoms with Crippen molar-refractivity contribution in [3.8, 4) is 0 Å². The Balaban J connectivity index is 2.75. The maximum absolute atomic E-state index is 12.2. The highest BCUT2D eigenvalue weighted by molar-refractivity contribution is 7.12. The number of para-hydroxylation sites is 1. The molecule has 0 fully saturated rings. The van der Waals surface area contributed by atoms with E-state index in [0.29, 0.717) is 15.7 Å². The number of nitrogens with zero attached hydrogens (tertiary/aromatic N) is 1. The van der Waals surface area contributed by atoms with Crippen molar-refractivity contribution in [2.45, 2.75) is 0 Å². The molecule has 1 aromatic carbocycles. The number of rotatable bonds is 1. The fourth-order valence-electron chi connectivity index (χ4n) is 1.91. The average Bonchev–Trinajstić information content (AvgIpc) is 2.73. The molecule has 2 aromatic heterocycles. The highest BCUT2D eigenvalue weighted by Gasteiger charge is 2.15. The Morgan fingerprint density at radius 1 is 1.29 bits per heavy atom. The van der Waals surface area contributed by atoms with Crippen molar-refractivity contribution in [2.24, 2.45) is 0 Å². The maximum Gasteiger partial charge on any atom is 0.271 e. The Bertz CT molecular complexity index is 828. The van der Waals surface area contributed by atoms with Crippen molar-refractivity contribution < 1.29 is 4.84 Å². The fraction of sp³-hybridized carbons (Fsp3) is 0.0909. The van der Waals surface area contributed by atoms with E-state index in [1.165, 1.54) is 11.8 Å². The second kappa shape index (κ2) is 3.46. The van der Waals surface area contributed by atoms with E-state index < -0.39 is 0 Å². The molecule has 86 valence electrons. The molecule has 1 N–H and O–H groups in total. The minimum Gasteiger partial charge on any atom is -0.416 e. The van der Waals surface area contributed by atoms with Gasteiger partial charge in [0.25, 0.3) is 5.56 Å². The van der Waals surface area contributed by atoms with Gasteiger partial charge in [-0.2, -0.15) is 4.73 Å². The van der Waals surface area contributed by atoms with Crippen LogP contribution in [0.3, 0.4) is 0 Å². The Morgan fingerprint density at radius 2 is 2.06 bits per heavy atom. The van der Waals surface area contributed by atoms with Crippen molar-refractivity contribution in [3.63, 3.8) is 0 Å². The van der Waals surface area contributed by atoms with Gasteiger partial charge < -0.3 is 4.84 Å². The molecule has 0 aliphatic rings. The third-order valence-corrected chi connectivity index (χ3v) is 3.49. The molecule has 0 spiro atoms. The molecule has 3 rings (SSSR count). The number of nitrogens with one attached hydrogen (secondary N) is 1. The first-order valence-electron chi connectivity index (χ1n) is 4.93. The van der Waals surface area contributed by atoms with Crippen LogP contribution in [0.5, 0.6) is 0 Å². The smallest absolute Gasteiger partial charge is 0.271 e. The van der Waals surface area contributed by atoms with E-state index in [9.17, 15) is 9.59 Å². The van der Waals surface area contributed by atoms with E-state index in [1.807, 2.05) is 6.07 Å². The van der Waals surface area contributed by atoms with Crippen LogP contribution < -0.4 is 15.8 Å². The second-order valence-corrected chi connectivity index (χ2v) is 4.33. The van der Waals surface area contributed by atoms with Crippen molar-refractivity contribution >= 4 is 32.7 Å². The number of pyridine rings is 1. The predicted molar refractivity (Wildman–Crippen MR) is 66.7 cm³/mol. The quantitative estimate of drug-likeness (QED) is 0.697. The van der Waals surface area contributed by atoms with Crippen LogP contribution in [0.25, 0.3) is 21.1 Å². The number of benzene rings is 1. The largest absolute Gasteiger partial charge is 0.416 e. The summed E-state index contributed by atoms with van der Waals surface area (Å²) in [6.07, 6.45) is 0. The lowest BCUT2D eigenvalue weighted by atomic mass is 10.2. The first-order valence-corrected chi connectivity index (χ1v) is 5.75. The molecule has 0 bridgehead atoms. The minimum absolute atomic E-state index is 0.149. The zero-order valence-electron chi connectivity index (χ0n) is 8.89. The van der Waals surface area contributed by atoms with Gasteiger partial charge in [0.05, 0.1) is 10.9 Å². The van der Waals surface area contributed by atoms with E-state index in [0.717, 1.165) is 11.5 Å². The van der Waals surface area contributed by atoms with Gasteiger partial charge in [-0.3, -0.25) is 14.0 Å². The summed E-state index contributed by atoms with van der Waals surface area (Å²) >= 11 is 1.09. The third kappa shape index (κ3) is 1.24. The van der Waals surface area contributed by atoms with Crippen molar-refractivity contribution in [1.29, 1.82) is 0 Å². The summed E-state index contributed by atoms with van der Waals surface area (Å²) in [5.74, 6) is 0. The summed E-state index contributed by atoms with van der Waals surface area (Å²) in [5, 5.41) is 0.626. The van der Waals surface area contributed by atoms with Gasteiger partial charge in [0.15, 0.2) is 4.83 Å². The zero-order chi connectivity index (χ0) is 12.0. The normalized spacial score (nSPS) is 11.1. The van der Waals surface area contributed by atoms with Gasteiger partial charge in [-0.15, -0.1) is 0 Å². The first kappa shape index (κ1) is 10.1. The van der Waals surface area contributed by atoms with Crippen molar-refractivity contribution in [3.05, 3.63) is 44.8 Å². The molecule has 17 heavy (non-hydrogen) atoms. The molecule has 0 amide bonds. The monoisotopic (exact) mass is 248 g/mol. The third-order valence-electron chi connectivity index (χ3n) is 2.64. The Morgan fingerprint density at radius 3 is 2.82 bits per heavy atom. The Hall–Kier alpha value is -2.08. The molecule has 3 aromatic rings. The molecule has 5 nitrogen and oxygen atoms in total. The summed E-state index contributed by atoms with van der Waals surface area (Å²) in [6, 6.07) is 7.04. The number of hydrogen-bond acceptors (Lipinski definition) is 4. The highest BCUT2D eigenvalue weighted by atomic mass is 32.1. The summed E-state index contributed by atoms with van der Waals surface area (Å²) in [6.45, 7) is 0. The SMILES string of the molecule is COn1c2ccccc2c(=O)c2c(=O)[nH]sc21. The predicted octanol–water partition coefficient (Wildman–Crippen LogP) is 0.963. The molecule has 0 aliphatic heterocycles. The second-order valence-electron chi connectivity index (χ2n) is 3.54. The molecule has 6 heteroatoms. The zero-order valence-corrected chi connectivity index (χ0v) is 9.71. The Kier molecular flexibility index (Phi) is 2.05. The number of aromatic nitrogens is 2. The van der Waals surface area contributed by atoms with Crippen LogP contribution in [0.4, 0.5) is 0 Å². The van der Waals surface area contributed by atoms with Crippen LogP contribution >= 0.6 is 11.5 Å². The summed E-state index contributed by atoms with van der Waals surface area (Å²) in [5.41, 5.74) is 0.0284. The molecule has 0 radical (unpaired) electrons. The minimum atomic E-state index is -0.369. The lowest BCUT2D eigenvalue weighted by Gasteiger charge is -2.08. The Labute approximate surface area is 99.0 Å². The lowest BCUT2D eigenvalue weighted by molar-refractivity contribution is 0.190. The van der Waals surface area contributed by atoms with E-state index >= 15 is 0 Å². The van der Waals surface area contributed by atoms with Crippen LogP contribution in [0.2, 0.25) is 0 Å². The van der Waals surface area contributed by atoms with Crippen LogP contribution in [0.1, 0.15) is 0 Å². The standard InChI is InChI=1S/C11H8N2O3S/c1-16-13-7-5-3-2-4-6(7)9(14)8-10(15)12-17-11(8)13/h2-5H,1H3,(H,12,15). The van der Waals surface area contributed by atoms with Crippen LogP contribution in [-0.2, 0) is 0 Å². The molecule has 0 saturated heterocycles. The van der Waals surface area contributed by atoms with Gasteiger partial charge in [0.2, 0.25) is 5.43 Å². The van der Waals surface area contributed by atoms with Gasteiger partial charge in [0, 0.05) is 0 Å². The summed E-state index contributed by atoms with van der Waals surface area (Å²) in [4.78, 5) is 29.5. The van der Waals surface area contributed by atoms with E-state index in [4.69, 9.17) is 4.84 Å².